The summed E-state index contributed by atoms with van der Waals surface area (Å²) in [5.74, 6) is 0. The van der Waals surface area contributed by atoms with Crippen molar-refractivity contribution in [2.75, 3.05) is 0 Å². The number of nitrogens with zero attached hydrogens (tertiary/aromatic N) is 2. The molecule has 0 bridgehead atoms. The Balaban J connectivity index is 2.60. The molecule has 0 atom stereocenters. The fourth-order valence-corrected chi connectivity index (χ4v) is 0.368. The third kappa shape index (κ3) is 1.30. The van der Waals surface area contributed by atoms with Gasteiger partial charge in [-0.2, -0.15) is 0 Å². The highest BCUT2D eigenvalue weighted by Crippen LogP contribution is 1.82. The second-order valence-electron chi connectivity index (χ2n) is 1.22. The van der Waals surface area contributed by atoms with Gasteiger partial charge in [0, 0.05) is 18.8 Å². The fraction of sp³-hybridized carbons (Fsp3) is 0.200. The Kier molecular flexibility index (Phi) is 1.39. The second-order valence-corrected chi connectivity index (χ2v) is 1.22. The molecular formula is C5H6N2. The summed E-state index contributed by atoms with van der Waals surface area (Å²) in [7, 11) is 0. The molecule has 1 rings (SSSR count). The molecule has 0 unspecified atom stereocenters. The van der Waals surface area contributed by atoms with Gasteiger partial charge < -0.3 is 0 Å². The maximum atomic E-state index is 3.79. The molecule has 0 aromatic rings. The van der Waals surface area contributed by atoms with Gasteiger partial charge in [-0.25, -0.2) is 9.98 Å². The van der Waals surface area contributed by atoms with Gasteiger partial charge in [0.15, 0.2) is 0 Å². The first kappa shape index (κ1) is 4.24. The molecule has 0 radical (unpaired) electrons. The van der Waals surface area contributed by atoms with Gasteiger partial charge >= 0.3 is 0 Å². The largest absolute Gasteiger partial charge is 0.249 e. The number of hydrogen-bond acceptors (Lipinski definition) is 2. The first-order chi connectivity index (χ1) is 3.50. The van der Waals surface area contributed by atoms with Crippen LogP contribution in [-0.2, 0) is 0 Å². The van der Waals surface area contributed by atoms with E-state index in [0.717, 1.165) is 6.42 Å². The van der Waals surface area contributed by atoms with Crippen molar-refractivity contribution in [2.24, 2.45) is 9.98 Å². The number of allylic oxidation sites excluding steroid dienone is 1. The van der Waals surface area contributed by atoms with Crippen molar-refractivity contribution >= 4 is 12.6 Å². The van der Waals surface area contributed by atoms with Crippen LogP contribution in [0.2, 0.25) is 0 Å². The van der Waals surface area contributed by atoms with Gasteiger partial charge in [0.05, 0.1) is 0 Å². The van der Waals surface area contributed by atoms with Crippen LogP contribution < -0.4 is 0 Å². The highest BCUT2D eigenvalue weighted by Gasteiger charge is 1.72. The third-order valence-electron chi connectivity index (χ3n) is 0.672. The van der Waals surface area contributed by atoms with Crippen LogP contribution in [0, 0.1) is 0 Å². The molecule has 1 heterocycles. The van der Waals surface area contributed by atoms with Gasteiger partial charge in [-0.1, -0.05) is 6.08 Å². The molecule has 0 spiro atoms. The summed E-state index contributed by atoms with van der Waals surface area (Å²) in [6.45, 7) is 0. The number of hydrogen-bond donors (Lipinski definition) is 0. The van der Waals surface area contributed by atoms with Crippen molar-refractivity contribution in [3.63, 3.8) is 0 Å². The van der Waals surface area contributed by atoms with E-state index < -0.39 is 0 Å². The zero-order valence-corrected chi connectivity index (χ0v) is 3.91. The molecule has 1 aliphatic heterocycles. The van der Waals surface area contributed by atoms with Crippen molar-refractivity contribution < 1.29 is 0 Å². The van der Waals surface area contributed by atoms with Crippen LogP contribution in [0.3, 0.4) is 0 Å². The molecule has 0 saturated heterocycles. The van der Waals surface area contributed by atoms with E-state index in [2.05, 4.69) is 9.98 Å². The molecule has 1 aliphatic rings. The van der Waals surface area contributed by atoms with E-state index in [1.807, 2.05) is 12.3 Å². The van der Waals surface area contributed by atoms with Crippen molar-refractivity contribution in [2.45, 2.75) is 6.42 Å². The van der Waals surface area contributed by atoms with E-state index in [4.69, 9.17) is 0 Å². The minimum atomic E-state index is 0.903. The van der Waals surface area contributed by atoms with Crippen molar-refractivity contribution in [3.8, 4) is 0 Å². The van der Waals surface area contributed by atoms with Gasteiger partial charge in [-0.3, -0.25) is 0 Å². The lowest BCUT2D eigenvalue weighted by molar-refractivity contribution is 1.49. The van der Waals surface area contributed by atoms with E-state index in [0.29, 0.717) is 0 Å². The molecular weight excluding hydrogens is 88.1 g/mol. The van der Waals surface area contributed by atoms with Crippen LogP contribution in [0.5, 0.6) is 0 Å². The van der Waals surface area contributed by atoms with E-state index in [9.17, 15) is 0 Å². The van der Waals surface area contributed by atoms with Crippen molar-refractivity contribution in [1.29, 1.82) is 0 Å². The number of aliphatic imine (C=N–C) groups is 2. The Morgan fingerprint density at radius 2 is 2.29 bits per heavy atom. The minimum Gasteiger partial charge on any atom is -0.249 e. The average Bonchev–Trinajstić information content (AvgIpc) is 1.90. The predicted octanol–water partition coefficient (Wildman–Crippen LogP) is 1.00. The molecule has 2 heteroatoms. The summed E-state index contributed by atoms with van der Waals surface area (Å²) >= 11 is 0. The van der Waals surface area contributed by atoms with Crippen molar-refractivity contribution in [1.82, 2.24) is 0 Å². The first-order valence-electron chi connectivity index (χ1n) is 2.18. The zero-order valence-electron chi connectivity index (χ0n) is 3.91. The van der Waals surface area contributed by atoms with Crippen molar-refractivity contribution in [3.05, 3.63) is 12.3 Å². The summed E-state index contributed by atoms with van der Waals surface area (Å²) in [5, 5.41) is 0. The second kappa shape index (κ2) is 2.29. The van der Waals surface area contributed by atoms with E-state index >= 15 is 0 Å². The summed E-state index contributed by atoms with van der Waals surface area (Å²) < 4.78 is 0. The topological polar surface area (TPSA) is 24.7 Å². The van der Waals surface area contributed by atoms with Gasteiger partial charge in [-0.15, -0.1) is 0 Å². The van der Waals surface area contributed by atoms with Gasteiger partial charge in [-0.05, 0) is 0 Å². The van der Waals surface area contributed by atoms with Crippen LogP contribution in [0.15, 0.2) is 22.3 Å². The quantitative estimate of drug-likeness (QED) is 0.428. The smallest absolute Gasteiger partial charge is 0.114 e. The monoisotopic (exact) mass is 94.1 g/mol. The Morgan fingerprint density at radius 1 is 1.29 bits per heavy atom. The highest BCUT2D eigenvalue weighted by molar-refractivity contribution is 5.74. The van der Waals surface area contributed by atoms with Gasteiger partial charge in [0.1, 0.15) is 6.34 Å². The molecule has 0 fully saturated rings. The van der Waals surface area contributed by atoms with E-state index in [1.165, 1.54) is 6.34 Å². The standard InChI is InChI=1S/C5H6N2/c1-2-4-7-5-6-3-1/h1,3-5H,2H2. The summed E-state index contributed by atoms with van der Waals surface area (Å²) in [4.78, 5) is 7.56. The summed E-state index contributed by atoms with van der Waals surface area (Å²) in [6.07, 6.45) is 7.94. The molecule has 7 heavy (non-hydrogen) atoms. The van der Waals surface area contributed by atoms with E-state index in [1.54, 1.807) is 6.20 Å². The zero-order chi connectivity index (χ0) is 4.95. The lowest BCUT2D eigenvalue weighted by atomic mass is 10.5. The normalized spacial score (nSPS) is 17.1. The molecule has 0 amide bonds. The van der Waals surface area contributed by atoms with Gasteiger partial charge in [0.2, 0.25) is 0 Å². The first-order valence-corrected chi connectivity index (χ1v) is 2.18. The predicted molar refractivity (Wildman–Crippen MR) is 30.7 cm³/mol. The minimum absolute atomic E-state index is 0.903. The van der Waals surface area contributed by atoms with Crippen LogP contribution in [-0.4, -0.2) is 12.6 Å². The van der Waals surface area contributed by atoms with Crippen LogP contribution in [0.25, 0.3) is 0 Å². The number of rotatable bonds is 0. The summed E-state index contributed by atoms with van der Waals surface area (Å²) in [5.41, 5.74) is 0. The summed E-state index contributed by atoms with van der Waals surface area (Å²) in [6, 6.07) is 0. The molecule has 36 valence electrons. The Labute approximate surface area is 42.3 Å². The lowest BCUT2D eigenvalue weighted by Gasteiger charge is -1.67. The molecule has 0 aliphatic carbocycles. The van der Waals surface area contributed by atoms with Crippen LogP contribution in [0.4, 0.5) is 0 Å². The molecule has 2 nitrogen and oxygen atoms in total. The Hall–Kier alpha value is -0.920. The Morgan fingerprint density at radius 3 is 3.29 bits per heavy atom. The third-order valence-corrected chi connectivity index (χ3v) is 0.672. The maximum absolute atomic E-state index is 3.79. The fourth-order valence-electron chi connectivity index (χ4n) is 0.368. The Bertz CT molecular complexity index is 108. The average molecular weight is 94.1 g/mol. The SMILES string of the molecule is C1=CN=CN=CC1. The molecule has 0 N–H and O–H groups in total. The lowest BCUT2D eigenvalue weighted by Crippen LogP contribution is -1.64. The molecule has 0 saturated carbocycles. The maximum Gasteiger partial charge on any atom is 0.114 e. The van der Waals surface area contributed by atoms with Gasteiger partial charge in [0.25, 0.3) is 0 Å². The highest BCUT2D eigenvalue weighted by atomic mass is 14.8. The molecule has 0 aromatic carbocycles. The van der Waals surface area contributed by atoms with Crippen LogP contribution >= 0.6 is 0 Å². The van der Waals surface area contributed by atoms with Crippen LogP contribution in [0.1, 0.15) is 6.42 Å². The molecule has 0 aromatic heterocycles. The van der Waals surface area contributed by atoms with E-state index in [-0.39, 0.29) is 0 Å².